The molecule has 1 heterocycles. The van der Waals surface area contributed by atoms with Crippen LogP contribution in [0.1, 0.15) is 5.56 Å². The van der Waals surface area contributed by atoms with Crippen molar-refractivity contribution in [2.75, 3.05) is 6.61 Å². The molecule has 0 bridgehead atoms. The van der Waals surface area contributed by atoms with Gasteiger partial charge in [-0.3, -0.25) is 0 Å². The first-order valence-electron chi connectivity index (χ1n) is 6.58. The molecule has 0 aliphatic carbocycles. The SMILES string of the molecule is OCc1c(OCCn2ccnc2)ccc2ccccc12. The van der Waals surface area contributed by atoms with Crippen molar-refractivity contribution in [1.82, 2.24) is 9.55 Å². The summed E-state index contributed by atoms with van der Waals surface area (Å²) in [4.78, 5) is 3.99. The fourth-order valence-corrected chi connectivity index (χ4v) is 2.29. The molecule has 3 rings (SSSR count). The lowest BCUT2D eigenvalue weighted by Crippen LogP contribution is -2.07. The maximum Gasteiger partial charge on any atom is 0.125 e. The van der Waals surface area contributed by atoms with E-state index in [1.807, 2.05) is 47.2 Å². The molecule has 4 nitrogen and oxygen atoms in total. The van der Waals surface area contributed by atoms with Crippen molar-refractivity contribution in [3.05, 3.63) is 60.7 Å². The van der Waals surface area contributed by atoms with Gasteiger partial charge in [-0.2, -0.15) is 0 Å². The van der Waals surface area contributed by atoms with Gasteiger partial charge in [0.05, 0.1) is 19.5 Å². The minimum atomic E-state index is -0.0260. The Morgan fingerprint density at radius 3 is 2.85 bits per heavy atom. The normalized spacial score (nSPS) is 10.8. The second-order valence-corrected chi connectivity index (χ2v) is 4.57. The number of imidazole rings is 1. The van der Waals surface area contributed by atoms with Crippen molar-refractivity contribution in [2.24, 2.45) is 0 Å². The topological polar surface area (TPSA) is 47.3 Å². The van der Waals surface area contributed by atoms with E-state index in [1.165, 1.54) is 0 Å². The number of rotatable bonds is 5. The molecule has 0 fully saturated rings. The van der Waals surface area contributed by atoms with Crippen LogP contribution in [0.2, 0.25) is 0 Å². The number of benzene rings is 2. The molecule has 0 saturated heterocycles. The number of ether oxygens (including phenoxy) is 1. The third-order valence-corrected chi connectivity index (χ3v) is 3.32. The van der Waals surface area contributed by atoms with Crippen LogP contribution in [0.4, 0.5) is 0 Å². The van der Waals surface area contributed by atoms with Crippen LogP contribution in [0, 0.1) is 0 Å². The van der Waals surface area contributed by atoms with Gasteiger partial charge in [-0.05, 0) is 16.8 Å². The first-order valence-corrected chi connectivity index (χ1v) is 6.58. The number of nitrogens with zero attached hydrogens (tertiary/aromatic N) is 2. The van der Waals surface area contributed by atoms with Gasteiger partial charge in [0.25, 0.3) is 0 Å². The minimum Gasteiger partial charge on any atom is -0.491 e. The Bertz CT molecular complexity index is 693. The molecule has 0 spiro atoms. The molecule has 102 valence electrons. The van der Waals surface area contributed by atoms with E-state index < -0.39 is 0 Å². The third-order valence-electron chi connectivity index (χ3n) is 3.32. The average Bonchev–Trinajstić information content (AvgIpc) is 3.00. The van der Waals surface area contributed by atoms with Crippen molar-refractivity contribution in [2.45, 2.75) is 13.2 Å². The average molecular weight is 268 g/mol. The summed E-state index contributed by atoms with van der Waals surface area (Å²) in [6.45, 7) is 1.25. The van der Waals surface area contributed by atoms with Crippen molar-refractivity contribution in [3.63, 3.8) is 0 Å². The number of hydrogen-bond donors (Lipinski definition) is 1. The minimum absolute atomic E-state index is 0.0260. The maximum absolute atomic E-state index is 9.60. The Balaban J connectivity index is 1.80. The Labute approximate surface area is 117 Å². The highest BCUT2D eigenvalue weighted by molar-refractivity contribution is 5.87. The Hall–Kier alpha value is -2.33. The predicted octanol–water partition coefficient (Wildman–Crippen LogP) is 2.61. The molecule has 4 heteroatoms. The van der Waals surface area contributed by atoms with E-state index >= 15 is 0 Å². The van der Waals surface area contributed by atoms with Gasteiger partial charge in [0.2, 0.25) is 0 Å². The largest absolute Gasteiger partial charge is 0.491 e. The summed E-state index contributed by atoms with van der Waals surface area (Å²) in [5.41, 5.74) is 0.841. The second-order valence-electron chi connectivity index (χ2n) is 4.57. The zero-order valence-corrected chi connectivity index (χ0v) is 11.1. The number of hydrogen-bond acceptors (Lipinski definition) is 3. The fourth-order valence-electron chi connectivity index (χ4n) is 2.29. The molecular formula is C16H16N2O2. The molecule has 1 N–H and O–H groups in total. The number of fused-ring (bicyclic) bond motifs is 1. The van der Waals surface area contributed by atoms with Crippen molar-refractivity contribution in [3.8, 4) is 5.75 Å². The molecule has 0 atom stereocenters. The summed E-state index contributed by atoms with van der Waals surface area (Å²) in [5.74, 6) is 0.742. The lowest BCUT2D eigenvalue weighted by Gasteiger charge is -2.13. The van der Waals surface area contributed by atoms with Gasteiger partial charge in [0.15, 0.2) is 0 Å². The molecule has 0 aliphatic rings. The quantitative estimate of drug-likeness (QED) is 0.773. The molecule has 20 heavy (non-hydrogen) atoms. The zero-order valence-electron chi connectivity index (χ0n) is 11.1. The highest BCUT2D eigenvalue weighted by atomic mass is 16.5. The fraction of sp³-hybridized carbons (Fsp3) is 0.188. The molecule has 1 aromatic heterocycles. The van der Waals surface area contributed by atoms with E-state index in [2.05, 4.69) is 4.98 Å². The van der Waals surface area contributed by atoms with Crippen molar-refractivity contribution in [1.29, 1.82) is 0 Å². The van der Waals surface area contributed by atoms with Gasteiger partial charge in [-0.15, -0.1) is 0 Å². The molecule has 0 amide bonds. The number of aromatic nitrogens is 2. The highest BCUT2D eigenvalue weighted by Gasteiger charge is 2.07. The molecule has 3 aromatic rings. The Morgan fingerprint density at radius 1 is 1.15 bits per heavy atom. The van der Waals surface area contributed by atoms with Gasteiger partial charge < -0.3 is 14.4 Å². The molecule has 0 aliphatic heterocycles. The van der Waals surface area contributed by atoms with E-state index in [0.717, 1.165) is 28.6 Å². The van der Waals surface area contributed by atoms with Gasteiger partial charge in [0, 0.05) is 18.0 Å². The summed E-state index contributed by atoms with van der Waals surface area (Å²) in [6, 6.07) is 11.9. The maximum atomic E-state index is 9.60. The van der Waals surface area contributed by atoms with Crippen molar-refractivity contribution >= 4 is 10.8 Å². The third kappa shape index (κ3) is 2.51. The molecule has 0 radical (unpaired) electrons. The van der Waals surface area contributed by atoms with Crippen LogP contribution in [0.15, 0.2) is 55.1 Å². The number of aliphatic hydroxyl groups is 1. The highest BCUT2D eigenvalue weighted by Crippen LogP contribution is 2.28. The Morgan fingerprint density at radius 2 is 2.05 bits per heavy atom. The summed E-state index contributed by atoms with van der Waals surface area (Å²) in [7, 11) is 0. The first-order chi connectivity index (χ1) is 9.88. The van der Waals surface area contributed by atoms with Crippen LogP contribution in [-0.2, 0) is 13.2 Å². The van der Waals surface area contributed by atoms with Crippen LogP contribution in [0.3, 0.4) is 0 Å². The van der Waals surface area contributed by atoms with Gasteiger partial charge in [0.1, 0.15) is 12.4 Å². The van der Waals surface area contributed by atoms with E-state index in [-0.39, 0.29) is 6.61 Å². The standard InChI is InChI=1S/C16H16N2O2/c19-11-15-14-4-2-1-3-13(14)5-6-16(15)20-10-9-18-8-7-17-12-18/h1-8,12,19H,9-11H2. The van der Waals surface area contributed by atoms with Gasteiger partial charge in [-0.25, -0.2) is 4.98 Å². The van der Waals surface area contributed by atoms with Gasteiger partial charge in [-0.1, -0.05) is 30.3 Å². The van der Waals surface area contributed by atoms with Crippen LogP contribution in [0.25, 0.3) is 10.8 Å². The van der Waals surface area contributed by atoms with E-state index in [1.54, 1.807) is 12.5 Å². The smallest absolute Gasteiger partial charge is 0.125 e. The second kappa shape index (κ2) is 5.75. The molecule has 2 aromatic carbocycles. The summed E-state index contributed by atoms with van der Waals surface area (Å²) in [6.07, 6.45) is 5.41. The zero-order chi connectivity index (χ0) is 13.8. The van der Waals surface area contributed by atoms with Crippen LogP contribution < -0.4 is 4.74 Å². The first kappa shape index (κ1) is 12.7. The van der Waals surface area contributed by atoms with E-state index in [9.17, 15) is 5.11 Å². The van der Waals surface area contributed by atoms with E-state index in [4.69, 9.17) is 4.74 Å². The summed E-state index contributed by atoms with van der Waals surface area (Å²) >= 11 is 0. The number of aliphatic hydroxyl groups excluding tert-OH is 1. The lowest BCUT2D eigenvalue weighted by molar-refractivity contribution is 0.259. The van der Waals surface area contributed by atoms with Gasteiger partial charge >= 0.3 is 0 Å². The van der Waals surface area contributed by atoms with E-state index in [0.29, 0.717) is 6.61 Å². The molecular weight excluding hydrogens is 252 g/mol. The lowest BCUT2D eigenvalue weighted by atomic mass is 10.0. The molecule has 0 saturated carbocycles. The predicted molar refractivity (Wildman–Crippen MR) is 77.6 cm³/mol. The van der Waals surface area contributed by atoms with Crippen LogP contribution in [-0.4, -0.2) is 21.3 Å². The Kier molecular flexibility index (Phi) is 3.65. The molecule has 0 unspecified atom stereocenters. The van der Waals surface area contributed by atoms with Crippen LogP contribution in [0.5, 0.6) is 5.75 Å². The van der Waals surface area contributed by atoms with Crippen LogP contribution >= 0.6 is 0 Å². The van der Waals surface area contributed by atoms with Crippen molar-refractivity contribution < 1.29 is 9.84 Å². The summed E-state index contributed by atoms with van der Waals surface area (Å²) in [5, 5.41) is 11.8. The summed E-state index contributed by atoms with van der Waals surface area (Å²) < 4.78 is 7.76. The monoisotopic (exact) mass is 268 g/mol.